The van der Waals surface area contributed by atoms with Crippen molar-refractivity contribution in [3.63, 3.8) is 0 Å². The Labute approximate surface area is 167 Å². The first-order valence-electron chi connectivity index (χ1n) is 9.78. The van der Waals surface area contributed by atoms with Crippen molar-refractivity contribution in [1.82, 2.24) is 15.3 Å². The Balaban J connectivity index is 1.57. The van der Waals surface area contributed by atoms with Gasteiger partial charge in [-0.3, -0.25) is 0 Å². The third-order valence-electron chi connectivity index (χ3n) is 5.36. The minimum absolute atomic E-state index is 0.172. The second kappa shape index (κ2) is 7.19. The average molecular weight is 390 g/mol. The van der Waals surface area contributed by atoms with Crippen molar-refractivity contribution >= 4 is 24.6 Å². The number of anilines is 1. The van der Waals surface area contributed by atoms with Crippen LogP contribution in [-0.4, -0.2) is 59.1 Å². The minimum atomic E-state index is -0.477. The highest BCUT2D eigenvalue weighted by Gasteiger charge is 2.52. The summed E-state index contributed by atoms with van der Waals surface area (Å²) in [6.07, 6.45) is 3.67. The van der Waals surface area contributed by atoms with E-state index in [-0.39, 0.29) is 11.6 Å². The molecule has 8 nitrogen and oxygen atoms in total. The molecule has 1 N–H and O–H groups in total. The van der Waals surface area contributed by atoms with Crippen LogP contribution in [0.2, 0.25) is 0 Å². The first kappa shape index (κ1) is 20.9. The molecule has 2 aliphatic heterocycles. The fraction of sp³-hybridized carbons (Fsp3) is 0.737. The van der Waals surface area contributed by atoms with Crippen molar-refractivity contribution in [3.8, 4) is 0 Å². The van der Waals surface area contributed by atoms with Gasteiger partial charge in [0.1, 0.15) is 6.10 Å². The van der Waals surface area contributed by atoms with Crippen molar-refractivity contribution in [2.45, 2.75) is 77.7 Å². The fourth-order valence-electron chi connectivity index (χ4n) is 3.09. The van der Waals surface area contributed by atoms with Crippen LogP contribution in [0.25, 0.3) is 0 Å². The minimum Gasteiger partial charge on any atom is -0.444 e. The van der Waals surface area contributed by atoms with E-state index in [4.69, 9.17) is 14.0 Å². The second-order valence-corrected chi connectivity index (χ2v) is 9.54. The molecule has 1 aromatic rings. The molecule has 1 amide bonds. The Kier molecular flexibility index (Phi) is 5.35. The number of amides is 1. The number of nitrogens with one attached hydrogen (secondary N) is 1. The smallest absolute Gasteiger partial charge is 0.444 e. The van der Waals surface area contributed by atoms with E-state index >= 15 is 0 Å². The van der Waals surface area contributed by atoms with E-state index in [9.17, 15) is 4.79 Å². The largest absolute Gasteiger partial charge is 0.498 e. The summed E-state index contributed by atoms with van der Waals surface area (Å²) < 4.78 is 17.6. The topological polar surface area (TPSA) is 85.8 Å². The van der Waals surface area contributed by atoms with E-state index in [1.165, 1.54) is 0 Å². The molecule has 0 spiro atoms. The number of alkyl carbamates (subject to hydrolysis) is 1. The SMILES string of the molecule is CC(C)(C)NC(=O)OC1CCN(c2ncc(B3OC(C)(C)C(C)(C)O3)cn2)C1. The van der Waals surface area contributed by atoms with Crippen molar-refractivity contribution in [2.75, 3.05) is 18.0 Å². The lowest BCUT2D eigenvalue weighted by atomic mass is 9.81. The van der Waals surface area contributed by atoms with Gasteiger partial charge in [-0.2, -0.15) is 0 Å². The number of nitrogens with zero attached hydrogens (tertiary/aromatic N) is 3. The molecule has 2 aliphatic rings. The molecule has 0 bridgehead atoms. The van der Waals surface area contributed by atoms with Gasteiger partial charge in [-0.15, -0.1) is 0 Å². The highest BCUT2D eigenvalue weighted by Crippen LogP contribution is 2.36. The predicted molar refractivity (Wildman–Crippen MR) is 108 cm³/mol. The molecule has 1 aromatic heterocycles. The first-order chi connectivity index (χ1) is 12.9. The van der Waals surface area contributed by atoms with E-state index < -0.39 is 24.4 Å². The Bertz CT molecular complexity index is 702. The lowest BCUT2D eigenvalue weighted by Crippen LogP contribution is -2.42. The summed E-state index contributed by atoms with van der Waals surface area (Å²) in [4.78, 5) is 22.9. The Morgan fingerprint density at radius 2 is 1.79 bits per heavy atom. The molecule has 3 heterocycles. The molecular formula is C19H31BN4O4. The third-order valence-corrected chi connectivity index (χ3v) is 5.36. The maximum absolute atomic E-state index is 11.9. The standard InChI is InChI=1S/C19H31BN4O4/c1-17(2,3)23-16(25)26-14-8-9-24(12-14)15-21-10-13(11-22-15)20-27-18(4,5)19(6,7)28-20/h10-11,14H,8-9,12H2,1-7H3,(H,23,25). The number of aromatic nitrogens is 2. The number of ether oxygens (including phenoxy) is 1. The van der Waals surface area contributed by atoms with Gasteiger partial charge >= 0.3 is 13.2 Å². The van der Waals surface area contributed by atoms with Crippen LogP contribution in [-0.2, 0) is 14.0 Å². The van der Waals surface area contributed by atoms with Gasteiger partial charge in [-0.05, 0) is 48.5 Å². The molecule has 3 rings (SSSR count). The molecule has 0 radical (unpaired) electrons. The van der Waals surface area contributed by atoms with Crippen LogP contribution in [0.15, 0.2) is 12.4 Å². The van der Waals surface area contributed by atoms with E-state index in [0.29, 0.717) is 12.5 Å². The Hall–Kier alpha value is -1.87. The number of rotatable bonds is 3. The summed E-state index contributed by atoms with van der Waals surface area (Å²) in [5.74, 6) is 0.614. The van der Waals surface area contributed by atoms with Gasteiger partial charge in [0.15, 0.2) is 0 Å². The monoisotopic (exact) mass is 390 g/mol. The summed E-state index contributed by atoms with van der Waals surface area (Å²) in [6, 6.07) is 0. The maximum Gasteiger partial charge on any atom is 0.498 e. The van der Waals surface area contributed by atoms with E-state index in [1.807, 2.05) is 53.4 Å². The van der Waals surface area contributed by atoms with Crippen LogP contribution in [0.3, 0.4) is 0 Å². The molecule has 0 aliphatic carbocycles. The Morgan fingerprint density at radius 3 is 2.32 bits per heavy atom. The molecule has 1 unspecified atom stereocenters. The molecule has 2 saturated heterocycles. The van der Waals surface area contributed by atoms with Crippen molar-refractivity contribution in [1.29, 1.82) is 0 Å². The van der Waals surface area contributed by atoms with Crippen LogP contribution < -0.4 is 15.7 Å². The van der Waals surface area contributed by atoms with Crippen LogP contribution in [0.5, 0.6) is 0 Å². The van der Waals surface area contributed by atoms with Gasteiger partial charge < -0.3 is 24.3 Å². The Morgan fingerprint density at radius 1 is 1.21 bits per heavy atom. The number of carbonyl (C=O) groups is 1. The van der Waals surface area contributed by atoms with E-state index in [0.717, 1.165) is 18.4 Å². The maximum atomic E-state index is 11.9. The molecular weight excluding hydrogens is 359 g/mol. The molecule has 0 saturated carbocycles. The molecule has 1 atom stereocenters. The molecule has 2 fully saturated rings. The quantitative estimate of drug-likeness (QED) is 0.789. The van der Waals surface area contributed by atoms with Crippen LogP contribution in [0, 0.1) is 0 Å². The summed E-state index contributed by atoms with van der Waals surface area (Å²) in [7, 11) is -0.477. The normalized spacial score (nSPS) is 23.8. The molecule has 0 aromatic carbocycles. The molecule has 9 heteroatoms. The predicted octanol–water partition coefficient (Wildman–Crippen LogP) is 1.88. The third kappa shape index (κ3) is 4.58. The summed E-state index contributed by atoms with van der Waals surface area (Å²) >= 11 is 0. The summed E-state index contributed by atoms with van der Waals surface area (Å²) in [5.41, 5.74) is -0.326. The lowest BCUT2D eigenvalue weighted by molar-refractivity contribution is 0.00578. The number of hydrogen-bond donors (Lipinski definition) is 1. The van der Waals surface area contributed by atoms with Gasteiger partial charge in [-0.1, -0.05) is 0 Å². The van der Waals surface area contributed by atoms with Crippen LogP contribution in [0.1, 0.15) is 54.9 Å². The molecule has 28 heavy (non-hydrogen) atoms. The van der Waals surface area contributed by atoms with Gasteiger partial charge in [-0.25, -0.2) is 14.8 Å². The van der Waals surface area contributed by atoms with Crippen LogP contribution in [0.4, 0.5) is 10.7 Å². The zero-order valence-corrected chi connectivity index (χ0v) is 17.9. The lowest BCUT2D eigenvalue weighted by Gasteiger charge is -2.32. The summed E-state index contributed by atoms with van der Waals surface area (Å²) in [5, 5.41) is 2.81. The fourth-order valence-corrected chi connectivity index (χ4v) is 3.09. The summed E-state index contributed by atoms with van der Waals surface area (Å²) in [6.45, 7) is 15.1. The van der Waals surface area contributed by atoms with Gasteiger partial charge in [0.25, 0.3) is 0 Å². The zero-order chi connectivity index (χ0) is 20.7. The van der Waals surface area contributed by atoms with Gasteiger partial charge in [0, 0.05) is 36.4 Å². The first-order valence-corrected chi connectivity index (χ1v) is 9.78. The highest BCUT2D eigenvalue weighted by molar-refractivity contribution is 6.61. The van der Waals surface area contributed by atoms with Crippen molar-refractivity contribution < 1.29 is 18.8 Å². The van der Waals surface area contributed by atoms with E-state index in [2.05, 4.69) is 15.3 Å². The average Bonchev–Trinajstić information content (AvgIpc) is 3.08. The van der Waals surface area contributed by atoms with Crippen molar-refractivity contribution in [3.05, 3.63) is 12.4 Å². The highest BCUT2D eigenvalue weighted by atomic mass is 16.7. The second-order valence-electron chi connectivity index (χ2n) is 9.54. The molecule has 154 valence electrons. The number of hydrogen-bond acceptors (Lipinski definition) is 7. The van der Waals surface area contributed by atoms with Crippen molar-refractivity contribution in [2.24, 2.45) is 0 Å². The van der Waals surface area contributed by atoms with Gasteiger partial charge in [0.2, 0.25) is 5.95 Å². The van der Waals surface area contributed by atoms with E-state index in [1.54, 1.807) is 12.4 Å². The zero-order valence-electron chi connectivity index (χ0n) is 17.9. The van der Waals surface area contributed by atoms with Gasteiger partial charge in [0.05, 0.1) is 17.7 Å². The number of carbonyl (C=O) groups excluding carboxylic acids is 1. The van der Waals surface area contributed by atoms with Crippen LogP contribution >= 0.6 is 0 Å².